The molecule has 0 aromatic carbocycles. The van der Waals surface area contributed by atoms with Gasteiger partial charge < -0.3 is 0 Å². The largest absolute Gasteiger partial charge is 0.225 e. The maximum absolute atomic E-state index is 5.28. The molecule has 0 amide bonds. The van der Waals surface area contributed by atoms with Gasteiger partial charge in [0.15, 0.2) is 0 Å². The van der Waals surface area contributed by atoms with Crippen molar-refractivity contribution in [3.05, 3.63) is 40.2 Å². The summed E-state index contributed by atoms with van der Waals surface area (Å²) in [5.41, 5.74) is 0. The van der Waals surface area contributed by atoms with Gasteiger partial charge in [-0.2, -0.15) is 0 Å². The van der Waals surface area contributed by atoms with E-state index in [1.54, 1.807) is 0 Å². The lowest BCUT2D eigenvalue weighted by atomic mass is 10.7. The van der Waals surface area contributed by atoms with Crippen molar-refractivity contribution in [1.29, 1.82) is 0 Å². The van der Waals surface area contributed by atoms with Gasteiger partial charge in [0.05, 0.1) is 37.8 Å². The van der Waals surface area contributed by atoms with Gasteiger partial charge in [0, 0.05) is 0 Å². The highest BCUT2D eigenvalue weighted by atomic mass is 35.6. The number of alkyl halides is 6. The normalized spacial score (nSPS) is 7.43. The quantitative estimate of drug-likeness (QED) is 0.248. The van der Waals surface area contributed by atoms with Crippen molar-refractivity contribution < 1.29 is 0 Å². The highest BCUT2D eigenvalue weighted by molar-refractivity contribution is 6.72. The van der Waals surface area contributed by atoms with Gasteiger partial charge in [0.1, 0.15) is 13.5 Å². The van der Waals surface area contributed by atoms with Gasteiger partial charge in [-0.1, -0.05) is 187 Å². The summed E-state index contributed by atoms with van der Waals surface area (Å²) in [6.07, 6.45) is 0. The summed E-state index contributed by atoms with van der Waals surface area (Å²) in [4.78, 5) is 0. The molecule has 0 aromatic rings. The zero-order valence-corrected chi connectivity index (χ0v) is 28.6. The van der Waals surface area contributed by atoms with Gasteiger partial charge in [0.25, 0.3) is 0 Å². The zero-order valence-electron chi connectivity index (χ0n) is 14.1. The van der Waals surface area contributed by atoms with Gasteiger partial charge in [-0.25, -0.2) is 0 Å². The molecule has 0 nitrogen and oxygen atoms in total. The average molecular weight is 893 g/mol. The van der Waals surface area contributed by atoms with Crippen LogP contribution in [0.4, 0.5) is 0 Å². The second-order valence-electron chi connectivity index (χ2n) is 3.30. The smallest absolute Gasteiger partial charge is 0.147 e. The van der Waals surface area contributed by atoms with Crippen molar-refractivity contribution in [2.24, 2.45) is 0 Å². The molecule has 0 fully saturated rings. The lowest BCUT2D eigenvalue weighted by molar-refractivity contribution is 1.43. The van der Waals surface area contributed by atoms with E-state index in [4.69, 9.17) is 186 Å². The first-order valence-electron chi connectivity index (χ1n) is 5.67. The molecule has 0 rings (SSSR count). The summed E-state index contributed by atoms with van der Waals surface area (Å²) in [6, 6.07) is 0. The minimum absolute atomic E-state index is 0. The molecule has 0 unspecified atom stereocenters. The van der Waals surface area contributed by atoms with Crippen LogP contribution in [0.15, 0.2) is 40.2 Å². The van der Waals surface area contributed by atoms with E-state index >= 15 is 0 Å². The van der Waals surface area contributed by atoms with Crippen molar-refractivity contribution >= 4 is 223 Å². The minimum Gasteiger partial charge on any atom is -0.147 e. The second-order valence-corrected chi connectivity index (χ2v) is 11.1. The summed E-state index contributed by atoms with van der Waals surface area (Å²) < 4.78 is -1.40. The van der Waals surface area contributed by atoms with Crippen LogP contribution in [0, 0.1) is 0 Å². The Morgan fingerprint density at radius 2 is 0.571 bits per heavy atom. The Morgan fingerprint density at radius 1 is 0.457 bits per heavy atom. The molecule has 19 heteroatoms. The third-order valence-electron chi connectivity index (χ3n) is 1.27. The lowest BCUT2D eigenvalue weighted by Gasteiger charge is -2.04. The third kappa shape index (κ3) is 63.1. The van der Waals surface area contributed by atoms with E-state index in [9.17, 15) is 0 Å². The topological polar surface area (TPSA) is 0 Å². The van der Waals surface area contributed by atoms with Crippen LogP contribution in [-0.2, 0) is 0 Å². The van der Waals surface area contributed by atoms with Crippen LogP contribution in [0.3, 0.4) is 0 Å². The Kier molecular flexibility index (Phi) is 93.6. The SMILES string of the molecule is C.C.C.C.C=C(Cl)C(Cl)(Cl)Cl.Cl.Cl.Cl.ClCC(Cl)=C(Cl)Cl.ClCC(Cl)=C(Cl)Cl.ClCC(Cl)=C(Cl)Cl. The number of hydrogen-bond donors (Lipinski definition) is 0. The van der Waals surface area contributed by atoms with Crippen molar-refractivity contribution in [2.45, 2.75) is 33.5 Å². The van der Waals surface area contributed by atoms with Crippen LogP contribution in [-0.4, -0.2) is 21.4 Å². The second kappa shape index (κ2) is 45.5. The monoisotopic (exact) mass is 884 g/mol. The standard InChI is InChI=1S/4C3H2Cl4.4CH4.3ClH/c1-2(4)3(5,6)7;3*4-1-2(5)3(6)7;;;;;;;/h4*1H2;4*1H4;3*1H. The van der Waals surface area contributed by atoms with Gasteiger partial charge in [-0.15, -0.1) is 72.0 Å². The molecule has 224 valence electrons. The average Bonchev–Trinajstić information content (AvgIpc) is 2.59. The van der Waals surface area contributed by atoms with E-state index in [-0.39, 0.29) is 118 Å². The molecule has 0 heterocycles. The molecule has 0 atom stereocenters. The molecule has 0 aromatic heterocycles. The van der Waals surface area contributed by atoms with E-state index < -0.39 is 3.79 Å². The molecular formula is C16H27Cl19. The number of rotatable bonds is 3. The van der Waals surface area contributed by atoms with Gasteiger partial charge in [0.2, 0.25) is 3.79 Å². The molecule has 0 spiro atoms. The molecule has 0 radical (unpaired) electrons. The van der Waals surface area contributed by atoms with Crippen molar-refractivity contribution in [3.63, 3.8) is 0 Å². The van der Waals surface area contributed by atoms with Crippen molar-refractivity contribution in [1.82, 2.24) is 0 Å². The van der Waals surface area contributed by atoms with Gasteiger partial charge >= 0.3 is 0 Å². The fraction of sp³-hybridized carbons (Fsp3) is 0.500. The Hall–Kier alpha value is 4.47. The van der Waals surface area contributed by atoms with Crippen LogP contribution >= 0.6 is 223 Å². The predicted octanol–water partition coefficient (Wildman–Crippen LogP) is 16.3. The van der Waals surface area contributed by atoms with Crippen LogP contribution in [0.2, 0.25) is 0 Å². The maximum Gasteiger partial charge on any atom is 0.225 e. The molecule has 35 heavy (non-hydrogen) atoms. The molecule has 0 aliphatic rings. The molecular weight excluding hydrogens is 866 g/mol. The fourth-order valence-electron chi connectivity index (χ4n) is 0.152. The Labute approximate surface area is 310 Å². The number of hydrogen-bond acceptors (Lipinski definition) is 0. The van der Waals surface area contributed by atoms with Crippen LogP contribution in [0.1, 0.15) is 29.7 Å². The van der Waals surface area contributed by atoms with E-state index in [0.717, 1.165) is 0 Å². The van der Waals surface area contributed by atoms with E-state index in [1.807, 2.05) is 0 Å². The van der Waals surface area contributed by atoms with Crippen LogP contribution in [0.5, 0.6) is 0 Å². The van der Waals surface area contributed by atoms with E-state index in [0.29, 0.717) is 0 Å². The van der Waals surface area contributed by atoms with E-state index in [2.05, 4.69) is 6.58 Å². The summed E-state index contributed by atoms with van der Waals surface area (Å²) in [5, 5.41) is 0.859. The highest BCUT2D eigenvalue weighted by Gasteiger charge is 2.21. The summed E-state index contributed by atoms with van der Waals surface area (Å²) in [5.74, 6) is 0.512. The summed E-state index contributed by atoms with van der Waals surface area (Å²) >= 11 is 83.0. The molecule has 0 saturated carbocycles. The maximum atomic E-state index is 5.28. The predicted molar refractivity (Wildman–Crippen MR) is 190 cm³/mol. The Bertz CT molecular complexity index is 464. The third-order valence-corrected chi connectivity index (χ3v) is 6.66. The summed E-state index contributed by atoms with van der Waals surface area (Å²) in [7, 11) is 0. The van der Waals surface area contributed by atoms with Gasteiger partial charge in [-0.3, -0.25) is 0 Å². The van der Waals surface area contributed by atoms with Crippen molar-refractivity contribution in [2.75, 3.05) is 17.6 Å². The number of allylic oxidation sites excluding steroid dienone is 4. The Balaban J connectivity index is -0.0000000229. The number of halogens is 19. The molecule has 0 N–H and O–H groups in total. The molecule has 0 saturated heterocycles. The first kappa shape index (κ1) is 72.1. The fourth-order valence-corrected chi connectivity index (χ4v) is 1.36. The first-order chi connectivity index (χ1) is 12.5. The Morgan fingerprint density at radius 3 is 0.571 bits per heavy atom. The minimum atomic E-state index is -1.51. The zero-order chi connectivity index (χ0) is 23.7. The molecule has 0 bridgehead atoms. The van der Waals surface area contributed by atoms with Crippen LogP contribution < -0.4 is 0 Å². The molecule has 0 aliphatic carbocycles. The van der Waals surface area contributed by atoms with Gasteiger partial charge in [-0.05, 0) is 0 Å². The van der Waals surface area contributed by atoms with E-state index in [1.165, 1.54) is 0 Å². The summed E-state index contributed by atoms with van der Waals surface area (Å²) in [6.45, 7) is 3.20. The van der Waals surface area contributed by atoms with Crippen LogP contribution in [0.25, 0.3) is 0 Å². The highest BCUT2D eigenvalue weighted by Crippen LogP contribution is 2.35. The molecule has 0 aliphatic heterocycles. The first-order valence-corrected chi connectivity index (χ1v) is 12.2. The lowest BCUT2D eigenvalue weighted by Crippen LogP contribution is -1.98. The van der Waals surface area contributed by atoms with Crippen molar-refractivity contribution in [3.8, 4) is 0 Å².